The highest BCUT2D eigenvalue weighted by Gasteiger charge is 2.43. The van der Waals surface area contributed by atoms with Crippen molar-refractivity contribution < 1.29 is 14.7 Å². The van der Waals surface area contributed by atoms with Crippen LogP contribution in [-0.2, 0) is 9.59 Å². The zero-order chi connectivity index (χ0) is 17.1. The number of piperidine rings is 2. The van der Waals surface area contributed by atoms with E-state index in [9.17, 15) is 14.7 Å². The smallest absolute Gasteiger partial charge is 0.228 e. The minimum Gasteiger partial charge on any atom is -0.388 e. The third-order valence-corrected chi connectivity index (χ3v) is 5.55. The van der Waals surface area contributed by atoms with Crippen LogP contribution in [0.5, 0.6) is 0 Å². The van der Waals surface area contributed by atoms with Gasteiger partial charge in [-0.1, -0.05) is 6.92 Å². The zero-order valence-electron chi connectivity index (χ0n) is 14.7. The van der Waals surface area contributed by atoms with E-state index in [1.54, 1.807) is 7.05 Å². The predicted octanol–water partition coefficient (Wildman–Crippen LogP) is 0.598. The Kier molecular flexibility index (Phi) is 5.68. The number of nitrogens with one attached hydrogen (secondary N) is 1. The lowest BCUT2D eigenvalue weighted by Crippen LogP contribution is -2.55. The fourth-order valence-corrected chi connectivity index (χ4v) is 3.67. The number of carbonyl (C=O) groups excluding carboxylic acids is 2. The molecule has 1 unspecified atom stereocenters. The second-order valence-corrected chi connectivity index (χ2v) is 7.59. The summed E-state index contributed by atoms with van der Waals surface area (Å²) in [5.74, 6) is 0.104. The molecular weight excluding hydrogens is 294 g/mol. The summed E-state index contributed by atoms with van der Waals surface area (Å²) < 4.78 is 0. The molecule has 2 fully saturated rings. The summed E-state index contributed by atoms with van der Waals surface area (Å²) in [4.78, 5) is 28.5. The molecule has 0 radical (unpaired) electrons. The highest BCUT2D eigenvalue weighted by Crippen LogP contribution is 2.35. The Morgan fingerprint density at radius 3 is 2.43 bits per heavy atom. The van der Waals surface area contributed by atoms with E-state index in [0.29, 0.717) is 32.4 Å². The highest BCUT2D eigenvalue weighted by molar-refractivity contribution is 5.82. The van der Waals surface area contributed by atoms with Crippen molar-refractivity contribution in [1.29, 1.82) is 0 Å². The fourth-order valence-electron chi connectivity index (χ4n) is 3.67. The van der Waals surface area contributed by atoms with E-state index in [2.05, 4.69) is 24.2 Å². The van der Waals surface area contributed by atoms with Crippen LogP contribution in [0.25, 0.3) is 0 Å². The number of hydrogen-bond donors (Lipinski definition) is 2. The van der Waals surface area contributed by atoms with Gasteiger partial charge in [0.1, 0.15) is 0 Å². The number of rotatable bonds is 4. The van der Waals surface area contributed by atoms with Gasteiger partial charge in [0.05, 0.1) is 5.60 Å². The van der Waals surface area contributed by atoms with Gasteiger partial charge >= 0.3 is 0 Å². The molecule has 0 aliphatic carbocycles. The molecule has 0 aromatic carbocycles. The van der Waals surface area contributed by atoms with Crippen LogP contribution >= 0.6 is 0 Å². The number of β-amino-alcohol motifs (C(OH)–C–C–N with tert-alkyl or cyclic N) is 1. The van der Waals surface area contributed by atoms with Gasteiger partial charge in [-0.05, 0) is 52.2 Å². The Bertz CT molecular complexity index is 446. The fraction of sp³-hybridized carbons (Fsp3) is 0.882. The number of aliphatic hydroxyl groups is 1. The Labute approximate surface area is 139 Å². The summed E-state index contributed by atoms with van der Waals surface area (Å²) in [5.41, 5.74) is -1.24. The molecule has 6 heteroatoms. The van der Waals surface area contributed by atoms with Crippen LogP contribution in [0.15, 0.2) is 0 Å². The average Bonchev–Trinajstić information content (AvgIpc) is 2.55. The Morgan fingerprint density at radius 1 is 1.17 bits per heavy atom. The second-order valence-electron chi connectivity index (χ2n) is 7.59. The number of carbonyl (C=O) groups is 2. The quantitative estimate of drug-likeness (QED) is 0.794. The van der Waals surface area contributed by atoms with E-state index >= 15 is 0 Å². The molecule has 2 rings (SSSR count). The third kappa shape index (κ3) is 4.44. The largest absolute Gasteiger partial charge is 0.388 e. The Hall–Kier alpha value is -1.14. The molecule has 2 saturated heterocycles. The van der Waals surface area contributed by atoms with E-state index in [0.717, 1.165) is 32.4 Å². The number of likely N-dealkylation sites (tertiary alicyclic amines) is 2. The normalized spacial score (nSPS) is 28.4. The molecule has 1 atom stereocenters. The molecule has 2 aliphatic heterocycles. The van der Waals surface area contributed by atoms with Crippen LogP contribution in [0.1, 0.15) is 45.4 Å². The van der Waals surface area contributed by atoms with Gasteiger partial charge in [-0.3, -0.25) is 9.59 Å². The van der Waals surface area contributed by atoms with E-state index in [4.69, 9.17) is 0 Å². The van der Waals surface area contributed by atoms with E-state index in [1.807, 2.05) is 4.90 Å². The highest BCUT2D eigenvalue weighted by atomic mass is 16.3. The SMILES string of the molecule is CNC(=O)CCC1(O)CCCN(C(=O)C2(C)CCN(C)CC2)C1. The van der Waals surface area contributed by atoms with Gasteiger partial charge in [0.2, 0.25) is 11.8 Å². The van der Waals surface area contributed by atoms with Crippen LogP contribution in [0.2, 0.25) is 0 Å². The number of nitrogens with zero attached hydrogens (tertiary/aromatic N) is 2. The monoisotopic (exact) mass is 325 g/mol. The molecule has 2 amide bonds. The molecule has 0 saturated carbocycles. The Balaban J connectivity index is 1.97. The van der Waals surface area contributed by atoms with Gasteiger partial charge in [-0.2, -0.15) is 0 Å². The second kappa shape index (κ2) is 7.18. The van der Waals surface area contributed by atoms with E-state index < -0.39 is 5.60 Å². The summed E-state index contributed by atoms with van der Waals surface area (Å²) in [6, 6.07) is 0. The van der Waals surface area contributed by atoms with Crippen LogP contribution in [0.4, 0.5) is 0 Å². The Morgan fingerprint density at radius 2 is 1.83 bits per heavy atom. The molecule has 2 heterocycles. The maximum atomic E-state index is 13.0. The van der Waals surface area contributed by atoms with Crippen molar-refractivity contribution >= 4 is 11.8 Å². The van der Waals surface area contributed by atoms with Gasteiger partial charge in [-0.15, -0.1) is 0 Å². The third-order valence-electron chi connectivity index (χ3n) is 5.55. The molecule has 0 spiro atoms. The molecule has 0 aromatic heterocycles. The van der Waals surface area contributed by atoms with Crippen molar-refractivity contribution in [2.45, 2.75) is 51.0 Å². The van der Waals surface area contributed by atoms with Gasteiger partial charge in [0.25, 0.3) is 0 Å². The van der Waals surface area contributed by atoms with Crippen LogP contribution in [0.3, 0.4) is 0 Å². The van der Waals surface area contributed by atoms with Crippen molar-refractivity contribution in [3.05, 3.63) is 0 Å². The predicted molar refractivity (Wildman–Crippen MR) is 88.9 cm³/mol. The van der Waals surface area contributed by atoms with Crippen molar-refractivity contribution in [1.82, 2.24) is 15.1 Å². The first-order valence-electron chi connectivity index (χ1n) is 8.69. The van der Waals surface area contributed by atoms with Crippen molar-refractivity contribution in [3.63, 3.8) is 0 Å². The first-order valence-corrected chi connectivity index (χ1v) is 8.69. The summed E-state index contributed by atoms with van der Waals surface area (Å²) in [7, 11) is 3.69. The maximum Gasteiger partial charge on any atom is 0.228 e. The van der Waals surface area contributed by atoms with Crippen molar-refractivity contribution in [2.24, 2.45) is 5.41 Å². The van der Waals surface area contributed by atoms with Crippen LogP contribution < -0.4 is 5.32 Å². The lowest BCUT2D eigenvalue weighted by Gasteiger charge is -2.45. The average molecular weight is 325 g/mol. The molecule has 2 N–H and O–H groups in total. The number of amides is 2. The molecule has 0 aromatic rings. The van der Waals surface area contributed by atoms with Crippen LogP contribution in [-0.4, -0.2) is 72.6 Å². The molecular formula is C17H31N3O3. The first-order chi connectivity index (χ1) is 10.8. The van der Waals surface area contributed by atoms with E-state index in [1.165, 1.54) is 0 Å². The standard InChI is InChI=1S/C17H31N3O3/c1-16(8-11-19(3)12-9-16)15(22)20-10-4-6-17(23,13-20)7-5-14(21)18-2/h23H,4-13H2,1-3H3,(H,18,21). The van der Waals surface area contributed by atoms with Gasteiger partial charge in [0.15, 0.2) is 0 Å². The summed E-state index contributed by atoms with van der Waals surface area (Å²) in [6.45, 7) is 5.01. The minimum atomic E-state index is -0.928. The lowest BCUT2D eigenvalue weighted by atomic mass is 9.78. The van der Waals surface area contributed by atoms with E-state index in [-0.39, 0.29) is 17.2 Å². The van der Waals surface area contributed by atoms with Gasteiger partial charge in [0, 0.05) is 32.0 Å². The molecule has 23 heavy (non-hydrogen) atoms. The molecule has 132 valence electrons. The first kappa shape index (κ1) is 18.2. The maximum absolute atomic E-state index is 13.0. The van der Waals surface area contributed by atoms with Crippen molar-refractivity contribution in [3.8, 4) is 0 Å². The molecule has 0 bridgehead atoms. The van der Waals surface area contributed by atoms with Gasteiger partial charge in [-0.25, -0.2) is 0 Å². The summed E-state index contributed by atoms with van der Waals surface area (Å²) in [6.07, 6.45) is 3.91. The summed E-state index contributed by atoms with van der Waals surface area (Å²) >= 11 is 0. The number of hydrogen-bond acceptors (Lipinski definition) is 4. The van der Waals surface area contributed by atoms with Crippen molar-refractivity contribution in [2.75, 3.05) is 40.3 Å². The topological polar surface area (TPSA) is 72.9 Å². The zero-order valence-corrected chi connectivity index (χ0v) is 14.7. The summed E-state index contributed by atoms with van der Waals surface area (Å²) in [5, 5.41) is 13.4. The lowest BCUT2D eigenvalue weighted by molar-refractivity contribution is -0.151. The minimum absolute atomic E-state index is 0.0656. The molecule has 6 nitrogen and oxygen atoms in total. The van der Waals surface area contributed by atoms with Crippen LogP contribution in [0, 0.1) is 5.41 Å². The molecule has 2 aliphatic rings. The van der Waals surface area contributed by atoms with Gasteiger partial charge < -0.3 is 20.2 Å².